The van der Waals surface area contributed by atoms with E-state index in [-0.39, 0.29) is 5.41 Å². The number of rotatable bonds is 6. The van der Waals surface area contributed by atoms with E-state index in [0.717, 1.165) is 23.9 Å². The zero-order valence-electron chi connectivity index (χ0n) is 13.3. The van der Waals surface area contributed by atoms with Gasteiger partial charge < -0.3 is 10.6 Å². The average Bonchev–Trinajstić information content (AvgIpc) is 2.79. The van der Waals surface area contributed by atoms with Crippen LogP contribution in [0.4, 0.5) is 5.13 Å². The van der Waals surface area contributed by atoms with Crippen molar-refractivity contribution >= 4 is 16.5 Å². The zero-order valence-corrected chi connectivity index (χ0v) is 14.1. The molecular weight excluding hydrogens is 254 g/mol. The van der Waals surface area contributed by atoms with Crippen LogP contribution < -0.4 is 10.6 Å². The predicted molar refractivity (Wildman–Crippen MR) is 86.0 cm³/mol. The lowest BCUT2D eigenvalue weighted by molar-refractivity contribution is 0.542. The number of anilines is 1. The fraction of sp³-hybridized carbons (Fsp3) is 0.800. The maximum absolute atomic E-state index is 5.88. The molecule has 3 nitrogen and oxygen atoms in total. The second kappa shape index (κ2) is 6.71. The summed E-state index contributed by atoms with van der Waals surface area (Å²) in [5.74, 6) is 0.697. The highest BCUT2D eigenvalue weighted by molar-refractivity contribution is 7.15. The lowest BCUT2D eigenvalue weighted by Gasteiger charge is -2.23. The van der Waals surface area contributed by atoms with Gasteiger partial charge in [0.25, 0.3) is 0 Å². The Balaban J connectivity index is 3.02. The van der Waals surface area contributed by atoms with Crippen LogP contribution in [-0.4, -0.2) is 18.1 Å². The highest BCUT2D eigenvalue weighted by Gasteiger charge is 2.24. The minimum Gasteiger partial charge on any atom is -0.348 e. The number of hydrogen-bond acceptors (Lipinski definition) is 4. The van der Waals surface area contributed by atoms with Gasteiger partial charge >= 0.3 is 0 Å². The summed E-state index contributed by atoms with van der Waals surface area (Å²) < 4.78 is 0. The van der Waals surface area contributed by atoms with Gasteiger partial charge in [-0.3, -0.25) is 0 Å². The third kappa shape index (κ3) is 4.18. The van der Waals surface area contributed by atoms with E-state index in [9.17, 15) is 0 Å². The molecule has 110 valence electrons. The SMILES string of the molecule is CCC(C)CN(CC)c1nc(C(C)(C)C)c(CN)s1. The first-order valence-electron chi connectivity index (χ1n) is 7.28. The van der Waals surface area contributed by atoms with Crippen molar-refractivity contribution in [2.24, 2.45) is 11.7 Å². The Kier molecular flexibility index (Phi) is 5.81. The maximum Gasteiger partial charge on any atom is 0.185 e. The molecule has 1 heterocycles. The summed E-state index contributed by atoms with van der Waals surface area (Å²) in [4.78, 5) is 8.48. The van der Waals surface area contributed by atoms with E-state index in [2.05, 4.69) is 46.4 Å². The molecule has 0 fully saturated rings. The van der Waals surface area contributed by atoms with Crippen molar-refractivity contribution < 1.29 is 0 Å². The van der Waals surface area contributed by atoms with Crippen LogP contribution in [0.5, 0.6) is 0 Å². The fourth-order valence-corrected chi connectivity index (χ4v) is 3.27. The van der Waals surface area contributed by atoms with E-state index in [1.807, 2.05) is 0 Å². The van der Waals surface area contributed by atoms with Crippen molar-refractivity contribution in [2.45, 2.75) is 59.9 Å². The summed E-state index contributed by atoms with van der Waals surface area (Å²) in [5, 5.41) is 1.13. The molecule has 1 rings (SSSR count). The molecule has 1 aromatic rings. The summed E-state index contributed by atoms with van der Waals surface area (Å²) in [6.07, 6.45) is 1.21. The second-order valence-corrected chi connectivity index (χ2v) is 7.34. The molecule has 0 aliphatic heterocycles. The van der Waals surface area contributed by atoms with Crippen LogP contribution in [0.2, 0.25) is 0 Å². The van der Waals surface area contributed by atoms with E-state index in [1.165, 1.54) is 11.3 Å². The Bertz CT molecular complexity index is 393. The molecular formula is C15H29N3S. The van der Waals surface area contributed by atoms with Crippen molar-refractivity contribution in [2.75, 3.05) is 18.0 Å². The molecule has 1 unspecified atom stereocenters. The molecule has 19 heavy (non-hydrogen) atoms. The maximum atomic E-state index is 5.88. The van der Waals surface area contributed by atoms with Gasteiger partial charge in [-0.15, -0.1) is 11.3 Å². The molecule has 1 aromatic heterocycles. The first-order chi connectivity index (χ1) is 8.83. The summed E-state index contributed by atoms with van der Waals surface area (Å²) >= 11 is 1.76. The molecule has 0 aliphatic carbocycles. The van der Waals surface area contributed by atoms with Crippen LogP contribution in [0.1, 0.15) is 58.5 Å². The van der Waals surface area contributed by atoms with Gasteiger partial charge in [0.15, 0.2) is 5.13 Å². The van der Waals surface area contributed by atoms with E-state index < -0.39 is 0 Å². The minimum absolute atomic E-state index is 0.0687. The molecule has 0 spiro atoms. The first kappa shape index (κ1) is 16.4. The Morgan fingerprint density at radius 3 is 2.32 bits per heavy atom. The molecule has 0 amide bonds. The number of hydrogen-bond donors (Lipinski definition) is 1. The molecule has 0 aromatic carbocycles. The predicted octanol–water partition coefficient (Wildman–Crippen LogP) is 3.77. The fourth-order valence-electron chi connectivity index (χ4n) is 2.05. The molecule has 0 aliphatic rings. The first-order valence-corrected chi connectivity index (χ1v) is 8.10. The monoisotopic (exact) mass is 283 g/mol. The van der Waals surface area contributed by atoms with Crippen molar-refractivity contribution in [3.8, 4) is 0 Å². The van der Waals surface area contributed by atoms with Crippen molar-refractivity contribution in [3.05, 3.63) is 10.6 Å². The Labute approximate surface area is 122 Å². The van der Waals surface area contributed by atoms with Crippen LogP contribution >= 0.6 is 11.3 Å². The van der Waals surface area contributed by atoms with E-state index in [0.29, 0.717) is 12.5 Å². The summed E-state index contributed by atoms with van der Waals surface area (Å²) in [7, 11) is 0. The van der Waals surface area contributed by atoms with Gasteiger partial charge in [-0.25, -0.2) is 4.98 Å². The summed E-state index contributed by atoms with van der Waals surface area (Å²) in [6, 6.07) is 0. The van der Waals surface area contributed by atoms with Crippen molar-refractivity contribution in [1.82, 2.24) is 4.98 Å². The van der Waals surface area contributed by atoms with E-state index in [4.69, 9.17) is 10.7 Å². The van der Waals surface area contributed by atoms with Crippen LogP contribution in [0.3, 0.4) is 0 Å². The van der Waals surface area contributed by atoms with Crippen LogP contribution in [0, 0.1) is 5.92 Å². The topological polar surface area (TPSA) is 42.2 Å². The van der Waals surface area contributed by atoms with Crippen molar-refractivity contribution in [1.29, 1.82) is 0 Å². The highest BCUT2D eigenvalue weighted by Crippen LogP contribution is 2.33. The normalized spacial score (nSPS) is 13.6. The largest absolute Gasteiger partial charge is 0.348 e. The van der Waals surface area contributed by atoms with E-state index in [1.54, 1.807) is 11.3 Å². The van der Waals surface area contributed by atoms with Gasteiger partial charge in [0, 0.05) is 29.9 Å². The lowest BCUT2D eigenvalue weighted by Crippen LogP contribution is -2.28. The molecule has 0 saturated carbocycles. The lowest BCUT2D eigenvalue weighted by atomic mass is 9.91. The average molecular weight is 283 g/mol. The molecule has 2 N–H and O–H groups in total. The molecule has 0 radical (unpaired) electrons. The van der Waals surface area contributed by atoms with Gasteiger partial charge in [0.05, 0.1) is 5.69 Å². The molecule has 0 saturated heterocycles. The van der Waals surface area contributed by atoms with Crippen molar-refractivity contribution in [3.63, 3.8) is 0 Å². The molecule has 1 atom stereocenters. The number of aromatic nitrogens is 1. The standard InChI is InChI=1S/C15H29N3S/c1-7-11(3)10-18(8-2)14-17-13(15(4,5)6)12(9-16)19-14/h11H,7-10,16H2,1-6H3. The quantitative estimate of drug-likeness (QED) is 0.864. The van der Waals surface area contributed by atoms with Crippen LogP contribution in [0.15, 0.2) is 0 Å². The summed E-state index contributed by atoms with van der Waals surface area (Å²) in [5.41, 5.74) is 7.11. The van der Waals surface area contributed by atoms with Gasteiger partial charge in [0.2, 0.25) is 0 Å². The van der Waals surface area contributed by atoms with E-state index >= 15 is 0 Å². The Hall–Kier alpha value is -0.610. The smallest absolute Gasteiger partial charge is 0.185 e. The van der Waals surface area contributed by atoms with Crippen LogP contribution in [-0.2, 0) is 12.0 Å². The van der Waals surface area contributed by atoms with Gasteiger partial charge in [-0.2, -0.15) is 0 Å². The third-order valence-electron chi connectivity index (χ3n) is 3.46. The van der Waals surface area contributed by atoms with Gasteiger partial charge in [0.1, 0.15) is 0 Å². The van der Waals surface area contributed by atoms with Gasteiger partial charge in [-0.05, 0) is 12.8 Å². The molecule has 0 bridgehead atoms. The summed E-state index contributed by atoms with van der Waals surface area (Å²) in [6.45, 7) is 16.0. The second-order valence-electron chi connectivity index (χ2n) is 6.27. The Morgan fingerprint density at radius 2 is 1.95 bits per heavy atom. The highest BCUT2D eigenvalue weighted by atomic mass is 32.1. The molecule has 4 heteroatoms. The number of nitrogens with zero attached hydrogens (tertiary/aromatic N) is 2. The van der Waals surface area contributed by atoms with Gasteiger partial charge in [-0.1, -0.05) is 41.0 Å². The third-order valence-corrected chi connectivity index (χ3v) is 4.60. The number of nitrogens with two attached hydrogens (primary N) is 1. The zero-order chi connectivity index (χ0) is 14.6. The van der Waals surface area contributed by atoms with Crippen LogP contribution in [0.25, 0.3) is 0 Å². The Morgan fingerprint density at radius 1 is 1.32 bits per heavy atom. The number of thiazole rings is 1. The minimum atomic E-state index is 0.0687.